The molecular formula is C14H12FN3. The molecule has 0 amide bonds. The molecule has 2 N–H and O–H groups in total. The number of anilines is 1. The fraction of sp³-hybridized carbons (Fsp3) is 0.0714. The molecule has 0 aliphatic rings. The van der Waals surface area contributed by atoms with Crippen molar-refractivity contribution >= 4 is 11.3 Å². The van der Waals surface area contributed by atoms with E-state index in [1.807, 2.05) is 29.7 Å². The van der Waals surface area contributed by atoms with Gasteiger partial charge in [0.15, 0.2) is 0 Å². The SMILES string of the molecule is Cc1c(-c2cccc(F)c2)nc2ccc(N)cn12. The summed E-state index contributed by atoms with van der Waals surface area (Å²) < 4.78 is 15.2. The van der Waals surface area contributed by atoms with Crippen LogP contribution in [0.3, 0.4) is 0 Å². The van der Waals surface area contributed by atoms with E-state index in [1.54, 1.807) is 12.1 Å². The van der Waals surface area contributed by atoms with Crippen molar-refractivity contribution in [3.63, 3.8) is 0 Å². The number of hydrogen-bond donors (Lipinski definition) is 1. The lowest BCUT2D eigenvalue weighted by Gasteiger charge is -2.00. The molecule has 0 aliphatic heterocycles. The Morgan fingerprint density at radius 1 is 1.22 bits per heavy atom. The van der Waals surface area contributed by atoms with Crippen LogP contribution in [0.4, 0.5) is 10.1 Å². The summed E-state index contributed by atoms with van der Waals surface area (Å²) in [5.41, 5.74) is 9.74. The molecule has 18 heavy (non-hydrogen) atoms. The summed E-state index contributed by atoms with van der Waals surface area (Å²) in [7, 11) is 0. The molecule has 2 heterocycles. The largest absolute Gasteiger partial charge is 0.398 e. The second kappa shape index (κ2) is 3.84. The second-order valence-corrected chi connectivity index (χ2v) is 4.25. The number of aromatic nitrogens is 2. The lowest BCUT2D eigenvalue weighted by atomic mass is 10.1. The molecule has 0 spiro atoms. The van der Waals surface area contributed by atoms with Crippen molar-refractivity contribution < 1.29 is 4.39 Å². The number of nitrogen functional groups attached to an aromatic ring is 1. The predicted octanol–water partition coefficient (Wildman–Crippen LogP) is 3.03. The van der Waals surface area contributed by atoms with Crippen LogP contribution in [0.1, 0.15) is 5.69 Å². The minimum Gasteiger partial charge on any atom is -0.398 e. The van der Waals surface area contributed by atoms with Crippen LogP contribution in [-0.4, -0.2) is 9.38 Å². The number of nitrogens with zero attached hydrogens (tertiary/aromatic N) is 2. The first kappa shape index (κ1) is 10.8. The van der Waals surface area contributed by atoms with Gasteiger partial charge in [0.2, 0.25) is 0 Å². The lowest BCUT2D eigenvalue weighted by Crippen LogP contribution is -1.91. The summed E-state index contributed by atoms with van der Waals surface area (Å²) in [5.74, 6) is -0.261. The predicted molar refractivity (Wildman–Crippen MR) is 69.7 cm³/mol. The average Bonchev–Trinajstić information content (AvgIpc) is 2.67. The van der Waals surface area contributed by atoms with E-state index in [-0.39, 0.29) is 5.82 Å². The quantitative estimate of drug-likeness (QED) is 0.711. The molecule has 1 aromatic carbocycles. The average molecular weight is 241 g/mol. The molecule has 3 nitrogen and oxygen atoms in total. The van der Waals surface area contributed by atoms with E-state index >= 15 is 0 Å². The monoisotopic (exact) mass is 241 g/mol. The summed E-state index contributed by atoms with van der Waals surface area (Å²) in [6.45, 7) is 1.94. The van der Waals surface area contributed by atoms with Crippen molar-refractivity contribution in [1.29, 1.82) is 0 Å². The normalized spacial score (nSPS) is 11.0. The van der Waals surface area contributed by atoms with Crippen LogP contribution >= 0.6 is 0 Å². The zero-order chi connectivity index (χ0) is 12.7. The maximum absolute atomic E-state index is 13.2. The molecule has 90 valence electrons. The van der Waals surface area contributed by atoms with Crippen LogP contribution in [0.25, 0.3) is 16.9 Å². The molecule has 4 heteroatoms. The van der Waals surface area contributed by atoms with Crippen molar-refractivity contribution in [2.24, 2.45) is 0 Å². The Labute approximate surface area is 104 Å². The number of aryl methyl sites for hydroxylation is 1. The number of imidazole rings is 1. The van der Waals surface area contributed by atoms with E-state index in [0.717, 1.165) is 22.6 Å². The van der Waals surface area contributed by atoms with Gasteiger partial charge in [-0.05, 0) is 31.2 Å². The first-order valence-electron chi connectivity index (χ1n) is 5.65. The molecular weight excluding hydrogens is 229 g/mol. The molecule has 3 rings (SSSR count). The molecule has 3 aromatic rings. The maximum atomic E-state index is 13.2. The van der Waals surface area contributed by atoms with E-state index in [9.17, 15) is 4.39 Å². The van der Waals surface area contributed by atoms with Gasteiger partial charge in [-0.2, -0.15) is 0 Å². The van der Waals surface area contributed by atoms with Gasteiger partial charge in [-0.15, -0.1) is 0 Å². The summed E-state index contributed by atoms with van der Waals surface area (Å²) in [6, 6.07) is 10.1. The number of nitrogens with two attached hydrogens (primary N) is 1. The molecule has 0 saturated carbocycles. The molecule has 0 aliphatic carbocycles. The van der Waals surface area contributed by atoms with Crippen LogP contribution in [-0.2, 0) is 0 Å². The highest BCUT2D eigenvalue weighted by molar-refractivity contribution is 5.67. The van der Waals surface area contributed by atoms with Crippen LogP contribution < -0.4 is 5.73 Å². The standard InChI is InChI=1S/C14H12FN3/c1-9-14(10-3-2-4-11(15)7-10)17-13-6-5-12(16)8-18(9)13/h2-8H,16H2,1H3. The second-order valence-electron chi connectivity index (χ2n) is 4.25. The number of hydrogen-bond acceptors (Lipinski definition) is 2. The first-order valence-corrected chi connectivity index (χ1v) is 5.65. The van der Waals surface area contributed by atoms with Gasteiger partial charge >= 0.3 is 0 Å². The Kier molecular flexibility index (Phi) is 2.30. The molecule has 0 fully saturated rings. The third-order valence-electron chi connectivity index (χ3n) is 2.98. The van der Waals surface area contributed by atoms with Gasteiger partial charge in [-0.25, -0.2) is 9.37 Å². The minimum atomic E-state index is -0.261. The Bertz CT molecular complexity index is 731. The lowest BCUT2D eigenvalue weighted by molar-refractivity contribution is 0.628. The number of fused-ring (bicyclic) bond motifs is 1. The Morgan fingerprint density at radius 3 is 2.83 bits per heavy atom. The fourth-order valence-electron chi connectivity index (χ4n) is 2.09. The van der Waals surface area contributed by atoms with E-state index < -0.39 is 0 Å². The van der Waals surface area contributed by atoms with Gasteiger partial charge in [0.05, 0.1) is 5.69 Å². The van der Waals surface area contributed by atoms with Gasteiger partial charge in [-0.1, -0.05) is 12.1 Å². The third kappa shape index (κ3) is 1.62. The highest BCUT2D eigenvalue weighted by Crippen LogP contribution is 2.24. The fourth-order valence-corrected chi connectivity index (χ4v) is 2.09. The van der Waals surface area contributed by atoms with Gasteiger partial charge in [-0.3, -0.25) is 0 Å². The van der Waals surface area contributed by atoms with E-state index in [0.29, 0.717) is 5.69 Å². The van der Waals surface area contributed by atoms with Crippen molar-refractivity contribution in [2.45, 2.75) is 6.92 Å². The van der Waals surface area contributed by atoms with Gasteiger partial charge < -0.3 is 10.1 Å². The summed E-state index contributed by atoms with van der Waals surface area (Å²) >= 11 is 0. The number of pyridine rings is 1. The molecule has 0 bridgehead atoms. The summed E-state index contributed by atoms with van der Waals surface area (Å²) in [5, 5.41) is 0. The Morgan fingerprint density at radius 2 is 2.06 bits per heavy atom. The van der Waals surface area contributed by atoms with Crippen LogP contribution in [0.2, 0.25) is 0 Å². The maximum Gasteiger partial charge on any atom is 0.137 e. The molecule has 2 aromatic heterocycles. The van der Waals surface area contributed by atoms with Gasteiger partial charge in [0.25, 0.3) is 0 Å². The van der Waals surface area contributed by atoms with Crippen molar-refractivity contribution in [2.75, 3.05) is 5.73 Å². The van der Waals surface area contributed by atoms with Crippen LogP contribution in [0.5, 0.6) is 0 Å². The van der Waals surface area contributed by atoms with E-state index in [2.05, 4.69) is 4.98 Å². The third-order valence-corrected chi connectivity index (χ3v) is 2.98. The first-order chi connectivity index (χ1) is 8.65. The Balaban J connectivity index is 2.27. The van der Waals surface area contributed by atoms with Gasteiger partial charge in [0, 0.05) is 23.1 Å². The Hall–Kier alpha value is -2.36. The van der Waals surface area contributed by atoms with Crippen LogP contribution in [0, 0.1) is 12.7 Å². The van der Waals surface area contributed by atoms with Crippen LogP contribution in [0.15, 0.2) is 42.6 Å². The van der Waals surface area contributed by atoms with E-state index in [4.69, 9.17) is 5.73 Å². The highest BCUT2D eigenvalue weighted by atomic mass is 19.1. The summed E-state index contributed by atoms with van der Waals surface area (Å²) in [6.07, 6.45) is 1.82. The van der Waals surface area contributed by atoms with Crippen molar-refractivity contribution in [3.05, 3.63) is 54.1 Å². The van der Waals surface area contributed by atoms with Crippen molar-refractivity contribution in [3.8, 4) is 11.3 Å². The smallest absolute Gasteiger partial charge is 0.137 e. The molecule has 0 unspecified atom stereocenters. The van der Waals surface area contributed by atoms with Gasteiger partial charge in [0.1, 0.15) is 11.5 Å². The highest BCUT2D eigenvalue weighted by Gasteiger charge is 2.10. The molecule has 0 saturated heterocycles. The zero-order valence-electron chi connectivity index (χ0n) is 9.89. The molecule has 0 atom stereocenters. The number of rotatable bonds is 1. The number of benzene rings is 1. The minimum absolute atomic E-state index is 0.261. The van der Waals surface area contributed by atoms with E-state index in [1.165, 1.54) is 12.1 Å². The topological polar surface area (TPSA) is 43.3 Å². The molecule has 0 radical (unpaired) electrons. The zero-order valence-corrected chi connectivity index (χ0v) is 9.89. The van der Waals surface area contributed by atoms with Crippen molar-refractivity contribution in [1.82, 2.24) is 9.38 Å². The summed E-state index contributed by atoms with van der Waals surface area (Å²) in [4.78, 5) is 4.51. The number of halogens is 1.